The molecule has 0 atom stereocenters. The molecule has 0 aromatic rings. The standard InChI is InChI=1S/C17H34.H3O4P/c1-5-9-13-16(12-8-4)17(14-10-6-2)15-11-7-3;1-5(2,3)4/h5-15H2,1-4H3;(H3,1,2,3,4). The van der Waals surface area contributed by atoms with Gasteiger partial charge in [-0.2, -0.15) is 0 Å². The van der Waals surface area contributed by atoms with Crippen LogP contribution in [0.3, 0.4) is 0 Å². The van der Waals surface area contributed by atoms with Gasteiger partial charge in [0.25, 0.3) is 0 Å². The molecule has 0 saturated heterocycles. The van der Waals surface area contributed by atoms with E-state index in [1.807, 2.05) is 11.1 Å². The van der Waals surface area contributed by atoms with Crippen LogP contribution in [0.1, 0.15) is 98.3 Å². The van der Waals surface area contributed by atoms with Crippen molar-refractivity contribution in [1.29, 1.82) is 0 Å². The molecule has 0 bridgehead atoms. The normalized spacial score (nSPS) is 10.9. The van der Waals surface area contributed by atoms with Crippen molar-refractivity contribution in [2.75, 3.05) is 0 Å². The lowest BCUT2D eigenvalue weighted by Gasteiger charge is -2.15. The monoisotopic (exact) mass is 336 g/mol. The van der Waals surface area contributed by atoms with Crippen molar-refractivity contribution in [2.24, 2.45) is 0 Å². The van der Waals surface area contributed by atoms with E-state index in [0.29, 0.717) is 0 Å². The molecule has 0 aromatic heterocycles. The Hall–Kier alpha value is -0.150. The van der Waals surface area contributed by atoms with Crippen molar-refractivity contribution in [3.8, 4) is 0 Å². The minimum atomic E-state index is -4.64. The van der Waals surface area contributed by atoms with Crippen LogP contribution in [-0.2, 0) is 4.57 Å². The van der Waals surface area contributed by atoms with Crippen LogP contribution >= 0.6 is 7.82 Å². The fourth-order valence-electron chi connectivity index (χ4n) is 2.43. The third-order valence-corrected chi connectivity index (χ3v) is 3.55. The van der Waals surface area contributed by atoms with Crippen molar-refractivity contribution in [3.63, 3.8) is 0 Å². The molecule has 3 N–H and O–H groups in total. The molecule has 0 saturated carbocycles. The van der Waals surface area contributed by atoms with Gasteiger partial charge in [-0.25, -0.2) is 4.57 Å². The van der Waals surface area contributed by atoms with Crippen LogP contribution in [0.4, 0.5) is 0 Å². The molecule has 0 aliphatic rings. The summed E-state index contributed by atoms with van der Waals surface area (Å²) in [5, 5.41) is 0. The summed E-state index contributed by atoms with van der Waals surface area (Å²) in [5.41, 5.74) is 3.64. The summed E-state index contributed by atoms with van der Waals surface area (Å²) in [4.78, 5) is 21.6. The first-order chi connectivity index (χ1) is 10.3. The summed E-state index contributed by atoms with van der Waals surface area (Å²) in [6.07, 6.45) is 14.9. The summed E-state index contributed by atoms with van der Waals surface area (Å²) in [6.45, 7) is 9.25. The van der Waals surface area contributed by atoms with Crippen molar-refractivity contribution in [2.45, 2.75) is 98.3 Å². The van der Waals surface area contributed by atoms with E-state index >= 15 is 0 Å². The number of hydrogen-bond acceptors (Lipinski definition) is 1. The predicted molar refractivity (Wildman–Crippen MR) is 94.8 cm³/mol. The van der Waals surface area contributed by atoms with Crippen LogP contribution < -0.4 is 0 Å². The second-order valence-electron chi connectivity index (χ2n) is 5.78. The molecule has 0 fully saturated rings. The molecule has 5 heteroatoms. The Balaban J connectivity index is 0. The van der Waals surface area contributed by atoms with Crippen molar-refractivity contribution in [1.82, 2.24) is 0 Å². The van der Waals surface area contributed by atoms with E-state index in [9.17, 15) is 0 Å². The van der Waals surface area contributed by atoms with E-state index in [1.54, 1.807) is 0 Å². The quantitative estimate of drug-likeness (QED) is 0.333. The first-order valence-corrected chi connectivity index (χ1v) is 10.3. The van der Waals surface area contributed by atoms with Crippen LogP contribution in [0.25, 0.3) is 0 Å². The number of rotatable bonds is 11. The molecule has 0 rings (SSSR count). The zero-order valence-electron chi connectivity index (χ0n) is 15.0. The van der Waals surface area contributed by atoms with Crippen LogP contribution in [0.15, 0.2) is 11.1 Å². The maximum absolute atomic E-state index is 8.88. The Morgan fingerprint density at radius 2 is 0.909 bits per heavy atom. The van der Waals surface area contributed by atoms with E-state index in [2.05, 4.69) is 27.7 Å². The Morgan fingerprint density at radius 1 is 0.636 bits per heavy atom. The fourth-order valence-corrected chi connectivity index (χ4v) is 2.43. The number of unbranched alkanes of at least 4 members (excludes halogenated alkanes) is 3. The highest BCUT2D eigenvalue weighted by atomic mass is 31.2. The van der Waals surface area contributed by atoms with Gasteiger partial charge < -0.3 is 14.7 Å². The first-order valence-electron chi connectivity index (χ1n) is 8.78. The molecular weight excluding hydrogens is 299 g/mol. The minimum absolute atomic E-state index is 1.32. The van der Waals surface area contributed by atoms with Crippen LogP contribution in [-0.4, -0.2) is 14.7 Å². The summed E-state index contributed by atoms with van der Waals surface area (Å²) in [5.74, 6) is 0. The van der Waals surface area contributed by atoms with Gasteiger partial charge in [-0.15, -0.1) is 0 Å². The Kier molecular flexibility index (Phi) is 17.2. The van der Waals surface area contributed by atoms with Crippen molar-refractivity contribution < 1.29 is 19.2 Å². The highest BCUT2D eigenvalue weighted by molar-refractivity contribution is 7.45. The predicted octanol–water partition coefficient (Wildman–Crippen LogP) is 5.73. The lowest BCUT2D eigenvalue weighted by atomic mass is 9.91. The highest BCUT2D eigenvalue weighted by Crippen LogP contribution is 2.26. The molecule has 0 radical (unpaired) electrons. The molecule has 4 nitrogen and oxygen atoms in total. The fraction of sp³-hybridized carbons (Fsp3) is 0.882. The third kappa shape index (κ3) is 19.9. The lowest BCUT2D eigenvalue weighted by molar-refractivity contribution is 0.275. The molecular formula is C17H37O4P. The molecule has 0 spiro atoms. The Morgan fingerprint density at radius 3 is 1.14 bits per heavy atom. The summed E-state index contributed by atoms with van der Waals surface area (Å²) < 4.78 is 8.88. The first kappa shape index (κ1) is 24.1. The van der Waals surface area contributed by atoms with E-state index in [-0.39, 0.29) is 0 Å². The second-order valence-corrected chi connectivity index (χ2v) is 6.81. The van der Waals surface area contributed by atoms with E-state index in [0.717, 1.165) is 0 Å². The van der Waals surface area contributed by atoms with Gasteiger partial charge in [0.05, 0.1) is 0 Å². The summed E-state index contributed by atoms with van der Waals surface area (Å²) in [6, 6.07) is 0. The zero-order valence-corrected chi connectivity index (χ0v) is 15.9. The van der Waals surface area contributed by atoms with Gasteiger partial charge in [0.15, 0.2) is 0 Å². The Bertz CT molecular complexity index is 302. The van der Waals surface area contributed by atoms with E-state index in [1.165, 1.54) is 70.6 Å². The van der Waals surface area contributed by atoms with E-state index < -0.39 is 7.82 Å². The van der Waals surface area contributed by atoms with Gasteiger partial charge in [-0.3, -0.25) is 0 Å². The average molecular weight is 336 g/mol. The van der Waals surface area contributed by atoms with Gasteiger partial charge in [0.1, 0.15) is 0 Å². The van der Waals surface area contributed by atoms with Gasteiger partial charge in [0.2, 0.25) is 0 Å². The van der Waals surface area contributed by atoms with Gasteiger partial charge in [0, 0.05) is 0 Å². The van der Waals surface area contributed by atoms with Crippen LogP contribution in [0.5, 0.6) is 0 Å². The molecule has 0 aromatic carbocycles. The van der Waals surface area contributed by atoms with E-state index in [4.69, 9.17) is 19.2 Å². The molecule has 0 aliphatic carbocycles. The number of allylic oxidation sites excluding steroid dienone is 2. The molecule has 0 amide bonds. The molecule has 22 heavy (non-hydrogen) atoms. The largest absolute Gasteiger partial charge is 0.466 e. The molecule has 134 valence electrons. The lowest BCUT2D eigenvalue weighted by Crippen LogP contribution is -1.95. The van der Waals surface area contributed by atoms with Gasteiger partial charge in [-0.1, -0.05) is 64.5 Å². The minimum Gasteiger partial charge on any atom is -0.303 e. The molecule has 0 unspecified atom stereocenters. The van der Waals surface area contributed by atoms with Gasteiger partial charge >= 0.3 is 7.82 Å². The van der Waals surface area contributed by atoms with Crippen LogP contribution in [0, 0.1) is 0 Å². The zero-order chi connectivity index (χ0) is 17.4. The summed E-state index contributed by atoms with van der Waals surface area (Å²) >= 11 is 0. The topological polar surface area (TPSA) is 77.8 Å². The SMILES string of the molecule is CCCCC(CCC)=C(CCCC)CCCC.O=P(O)(O)O. The Labute approximate surface area is 137 Å². The third-order valence-electron chi connectivity index (χ3n) is 3.55. The van der Waals surface area contributed by atoms with Gasteiger partial charge in [-0.05, 0) is 44.9 Å². The smallest absolute Gasteiger partial charge is 0.303 e. The number of hydrogen-bond donors (Lipinski definition) is 3. The molecule has 0 aliphatic heterocycles. The summed E-state index contributed by atoms with van der Waals surface area (Å²) in [7, 11) is -4.64. The highest BCUT2D eigenvalue weighted by Gasteiger charge is 2.06. The van der Waals surface area contributed by atoms with Crippen LogP contribution in [0.2, 0.25) is 0 Å². The van der Waals surface area contributed by atoms with Crippen molar-refractivity contribution >= 4 is 7.82 Å². The molecule has 0 heterocycles. The number of phosphoric acid groups is 1. The second kappa shape index (κ2) is 15.7. The van der Waals surface area contributed by atoms with Crippen molar-refractivity contribution in [3.05, 3.63) is 11.1 Å². The average Bonchev–Trinajstić information content (AvgIpc) is 2.42. The maximum atomic E-state index is 8.88. The maximum Gasteiger partial charge on any atom is 0.466 e.